The van der Waals surface area contributed by atoms with Gasteiger partial charge in [0.05, 0.1) is 17.6 Å². The van der Waals surface area contributed by atoms with Crippen LogP contribution in [0.2, 0.25) is 0 Å². The Labute approximate surface area is 122 Å². The number of imidazole rings is 1. The van der Waals surface area contributed by atoms with Crippen molar-refractivity contribution < 1.29 is 9.94 Å². The molecule has 2 atom stereocenters. The summed E-state index contributed by atoms with van der Waals surface area (Å²) in [6.07, 6.45) is 2.82. The minimum absolute atomic E-state index is 0.0899. The molecular weight excluding hydrogens is 268 g/mol. The van der Waals surface area contributed by atoms with Gasteiger partial charge in [0.15, 0.2) is 6.10 Å². The Morgan fingerprint density at radius 1 is 1.33 bits per heavy atom. The first-order valence-electron chi connectivity index (χ1n) is 6.69. The van der Waals surface area contributed by atoms with Gasteiger partial charge in [-0.3, -0.25) is 0 Å². The van der Waals surface area contributed by atoms with E-state index in [0.717, 1.165) is 17.1 Å². The molecule has 0 saturated heterocycles. The summed E-state index contributed by atoms with van der Waals surface area (Å²) < 4.78 is 1.95. The van der Waals surface area contributed by atoms with Crippen LogP contribution in [0.5, 0.6) is 5.75 Å². The predicted molar refractivity (Wildman–Crippen MR) is 79.9 cm³/mol. The first kappa shape index (κ1) is 13.4. The Hall–Kier alpha value is -2.63. The molecule has 0 saturated carbocycles. The van der Waals surface area contributed by atoms with Crippen LogP contribution in [0, 0.1) is 5.41 Å². The number of rotatable bonds is 3. The fourth-order valence-corrected chi connectivity index (χ4v) is 2.61. The SMILES string of the molecule is CC1=NOC(C)C1n1c(C=N)cnc1-c1ccc(O)cc1. The molecule has 2 unspecified atom stereocenters. The van der Waals surface area contributed by atoms with Crippen LogP contribution in [0.15, 0.2) is 35.6 Å². The summed E-state index contributed by atoms with van der Waals surface area (Å²) in [6, 6.07) is 6.75. The average molecular weight is 284 g/mol. The van der Waals surface area contributed by atoms with Crippen molar-refractivity contribution in [1.82, 2.24) is 9.55 Å². The largest absolute Gasteiger partial charge is 0.508 e. The predicted octanol–water partition coefficient (Wildman–Crippen LogP) is 2.59. The monoisotopic (exact) mass is 284 g/mol. The van der Waals surface area contributed by atoms with Crippen LogP contribution in [0.3, 0.4) is 0 Å². The summed E-state index contributed by atoms with van der Waals surface area (Å²) in [5.41, 5.74) is 2.41. The molecule has 0 fully saturated rings. The number of oxime groups is 1. The van der Waals surface area contributed by atoms with E-state index in [1.54, 1.807) is 30.5 Å². The second-order valence-electron chi connectivity index (χ2n) is 5.06. The van der Waals surface area contributed by atoms with Gasteiger partial charge in [-0.15, -0.1) is 0 Å². The third kappa shape index (κ3) is 2.18. The number of hydrogen-bond donors (Lipinski definition) is 2. The Morgan fingerprint density at radius 2 is 2.05 bits per heavy atom. The van der Waals surface area contributed by atoms with E-state index in [1.165, 1.54) is 6.21 Å². The highest BCUT2D eigenvalue weighted by Gasteiger charge is 2.32. The molecule has 0 bridgehead atoms. The van der Waals surface area contributed by atoms with E-state index in [4.69, 9.17) is 10.2 Å². The highest BCUT2D eigenvalue weighted by Crippen LogP contribution is 2.31. The quantitative estimate of drug-likeness (QED) is 0.850. The molecule has 3 rings (SSSR count). The Morgan fingerprint density at radius 3 is 2.62 bits per heavy atom. The van der Waals surface area contributed by atoms with Gasteiger partial charge in [-0.05, 0) is 38.1 Å². The van der Waals surface area contributed by atoms with Crippen LogP contribution in [0.25, 0.3) is 11.4 Å². The topological polar surface area (TPSA) is 83.5 Å². The fraction of sp³-hybridized carbons (Fsp3) is 0.267. The summed E-state index contributed by atoms with van der Waals surface area (Å²) in [5, 5.41) is 21.0. The molecule has 6 nitrogen and oxygen atoms in total. The fourth-order valence-electron chi connectivity index (χ4n) is 2.61. The van der Waals surface area contributed by atoms with Crippen molar-refractivity contribution in [3.8, 4) is 17.1 Å². The molecule has 1 aromatic heterocycles. The molecule has 0 amide bonds. The number of benzene rings is 1. The molecule has 2 N–H and O–H groups in total. The second-order valence-corrected chi connectivity index (χ2v) is 5.06. The molecule has 1 aliphatic rings. The van der Waals surface area contributed by atoms with Gasteiger partial charge in [-0.2, -0.15) is 0 Å². The molecule has 2 heterocycles. The van der Waals surface area contributed by atoms with E-state index in [9.17, 15) is 5.11 Å². The van der Waals surface area contributed by atoms with E-state index in [1.807, 2.05) is 18.4 Å². The van der Waals surface area contributed by atoms with Crippen molar-refractivity contribution >= 4 is 11.9 Å². The normalized spacial score (nSPS) is 21.0. The molecule has 0 aliphatic carbocycles. The summed E-state index contributed by atoms with van der Waals surface area (Å²) >= 11 is 0. The van der Waals surface area contributed by atoms with Gasteiger partial charge < -0.3 is 19.9 Å². The van der Waals surface area contributed by atoms with Crippen LogP contribution >= 0.6 is 0 Å². The van der Waals surface area contributed by atoms with Gasteiger partial charge in [0.25, 0.3) is 0 Å². The molecule has 1 aliphatic heterocycles. The first-order chi connectivity index (χ1) is 10.1. The lowest BCUT2D eigenvalue weighted by molar-refractivity contribution is 0.0786. The van der Waals surface area contributed by atoms with E-state index in [-0.39, 0.29) is 17.9 Å². The second kappa shape index (κ2) is 5.05. The lowest BCUT2D eigenvalue weighted by atomic mass is 10.1. The number of aromatic nitrogens is 2. The van der Waals surface area contributed by atoms with Crippen molar-refractivity contribution in [3.63, 3.8) is 0 Å². The zero-order valence-electron chi connectivity index (χ0n) is 11.8. The smallest absolute Gasteiger partial charge is 0.150 e. The minimum Gasteiger partial charge on any atom is -0.508 e. The number of nitrogens with zero attached hydrogens (tertiary/aromatic N) is 3. The first-order valence-corrected chi connectivity index (χ1v) is 6.69. The summed E-state index contributed by atoms with van der Waals surface area (Å²) in [5.74, 6) is 0.935. The number of phenols is 1. The number of aromatic hydroxyl groups is 1. The highest BCUT2D eigenvalue weighted by atomic mass is 16.6. The molecule has 108 valence electrons. The summed E-state index contributed by atoms with van der Waals surface area (Å²) in [4.78, 5) is 9.76. The van der Waals surface area contributed by atoms with Crippen molar-refractivity contribution in [2.75, 3.05) is 0 Å². The van der Waals surface area contributed by atoms with Crippen molar-refractivity contribution in [2.45, 2.75) is 26.0 Å². The van der Waals surface area contributed by atoms with Gasteiger partial charge in [-0.1, -0.05) is 5.16 Å². The van der Waals surface area contributed by atoms with Gasteiger partial charge in [0.1, 0.15) is 17.6 Å². The van der Waals surface area contributed by atoms with E-state index in [0.29, 0.717) is 5.69 Å². The zero-order valence-corrected chi connectivity index (χ0v) is 11.8. The van der Waals surface area contributed by atoms with Crippen LogP contribution < -0.4 is 0 Å². The number of hydrogen-bond acceptors (Lipinski definition) is 5. The molecule has 6 heteroatoms. The number of nitrogens with one attached hydrogen (secondary N) is 1. The summed E-state index contributed by atoms with van der Waals surface area (Å²) in [6.45, 7) is 3.85. The zero-order chi connectivity index (χ0) is 15.0. The Bertz CT molecular complexity index is 703. The van der Waals surface area contributed by atoms with Gasteiger partial charge >= 0.3 is 0 Å². The van der Waals surface area contributed by atoms with E-state index < -0.39 is 0 Å². The number of phenolic OH excluding ortho intramolecular Hbond substituents is 1. The molecule has 1 aromatic carbocycles. The third-order valence-electron chi connectivity index (χ3n) is 3.61. The molecule has 2 aromatic rings. The molecule has 0 radical (unpaired) electrons. The van der Waals surface area contributed by atoms with Gasteiger partial charge in [0, 0.05) is 11.8 Å². The summed E-state index contributed by atoms with van der Waals surface area (Å²) in [7, 11) is 0. The van der Waals surface area contributed by atoms with Gasteiger partial charge in [0.2, 0.25) is 0 Å². The van der Waals surface area contributed by atoms with Crippen LogP contribution in [0.1, 0.15) is 25.6 Å². The average Bonchev–Trinajstić information content (AvgIpc) is 3.03. The van der Waals surface area contributed by atoms with E-state index in [2.05, 4.69) is 10.1 Å². The molecule has 21 heavy (non-hydrogen) atoms. The molecular formula is C15H16N4O2. The van der Waals surface area contributed by atoms with Gasteiger partial charge in [-0.25, -0.2) is 4.98 Å². The van der Waals surface area contributed by atoms with Crippen molar-refractivity contribution in [3.05, 3.63) is 36.2 Å². The Balaban J connectivity index is 2.15. The maximum absolute atomic E-state index is 9.42. The van der Waals surface area contributed by atoms with E-state index >= 15 is 0 Å². The minimum atomic E-state index is -0.117. The van der Waals surface area contributed by atoms with Crippen LogP contribution in [-0.4, -0.2) is 32.7 Å². The Kier molecular flexibility index (Phi) is 3.21. The lowest BCUT2D eigenvalue weighted by Crippen LogP contribution is -2.25. The van der Waals surface area contributed by atoms with Crippen LogP contribution in [-0.2, 0) is 4.84 Å². The maximum Gasteiger partial charge on any atom is 0.150 e. The van der Waals surface area contributed by atoms with Crippen molar-refractivity contribution in [1.29, 1.82) is 5.41 Å². The standard InChI is InChI=1S/C15H16N4O2/c1-9-14(10(2)21-18-9)19-12(7-16)8-17-15(19)11-3-5-13(20)6-4-11/h3-8,10,14,16,20H,1-2H3. The molecule has 0 spiro atoms. The van der Waals surface area contributed by atoms with Crippen molar-refractivity contribution in [2.24, 2.45) is 5.16 Å². The lowest BCUT2D eigenvalue weighted by Gasteiger charge is -2.20. The third-order valence-corrected chi connectivity index (χ3v) is 3.61. The van der Waals surface area contributed by atoms with Crippen LogP contribution in [0.4, 0.5) is 0 Å². The highest BCUT2D eigenvalue weighted by molar-refractivity contribution is 5.89. The maximum atomic E-state index is 9.42.